The van der Waals surface area contributed by atoms with Gasteiger partial charge in [0.1, 0.15) is 23.0 Å². The van der Waals surface area contributed by atoms with Crippen molar-refractivity contribution in [3.8, 4) is 44.5 Å². The van der Waals surface area contributed by atoms with Crippen LogP contribution in [0.15, 0.2) is 251 Å². The Kier molecular flexibility index (Phi) is 9.64. The van der Waals surface area contributed by atoms with Crippen LogP contribution in [0.3, 0.4) is 0 Å². The highest BCUT2D eigenvalue weighted by molar-refractivity contribution is 6.17. The molecule has 0 spiro atoms. The van der Waals surface area contributed by atoms with E-state index in [4.69, 9.17) is 14.4 Å². The molecular formula is C63H44N4O. The van der Waals surface area contributed by atoms with Gasteiger partial charge in [-0.2, -0.15) is 0 Å². The number of furan rings is 1. The average Bonchev–Trinajstić information content (AvgIpc) is 3.97. The Morgan fingerprint density at radius 3 is 1.59 bits per heavy atom. The van der Waals surface area contributed by atoms with E-state index < -0.39 is 6.17 Å². The van der Waals surface area contributed by atoms with Crippen molar-refractivity contribution in [2.75, 3.05) is 4.90 Å². The lowest BCUT2D eigenvalue weighted by molar-refractivity contribution is 0.584. The van der Waals surface area contributed by atoms with Crippen molar-refractivity contribution >= 4 is 40.1 Å². The van der Waals surface area contributed by atoms with Gasteiger partial charge in [0, 0.05) is 39.4 Å². The first-order valence-electron chi connectivity index (χ1n) is 23.3. The van der Waals surface area contributed by atoms with Gasteiger partial charge in [0.05, 0.1) is 6.04 Å². The molecule has 5 heteroatoms. The summed E-state index contributed by atoms with van der Waals surface area (Å²) in [5.41, 5.74) is 18.2. The average molecular weight is 873 g/mol. The molecule has 3 atom stereocenters. The Bertz CT molecular complexity index is 3580. The van der Waals surface area contributed by atoms with Crippen LogP contribution in [-0.2, 0) is 0 Å². The van der Waals surface area contributed by atoms with Gasteiger partial charge in [-0.15, -0.1) is 0 Å². The van der Waals surface area contributed by atoms with E-state index in [-0.39, 0.29) is 12.0 Å². The number of nitrogens with one attached hydrogen (secondary N) is 1. The monoisotopic (exact) mass is 872 g/mol. The first kappa shape index (κ1) is 39.6. The number of hydrogen-bond donors (Lipinski definition) is 1. The number of benzene rings is 9. The van der Waals surface area contributed by atoms with Gasteiger partial charge in [-0.3, -0.25) is 0 Å². The molecule has 1 aromatic heterocycles. The van der Waals surface area contributed by atoms with E-state index in [0.29, 0.717) is 0 Å². The molecule has 1 aliphatic carbocycles. The minimum Gasteiger partial charge on any atom is -0.456 e. The van der Waals surface area contributed by atoms with Gasteiger partial charge in [0.2, 0.25) is 0 Å². The van der Waals surface area contributed by atoms with Crippen LogP contribution in [-0.4, -0.2) is 17.7 Å². The zero-order valence-corrected chi connectivity index (χ0v) is 37.1. The van der Waals surface area contributed by atoms with Crippen LogP contribution >= 0.6 is 0 Å². The SMILES string of the molecule is C1=CC2C(c3ccccc3N2c2ccc(-c3cccc(-c4ccccc4)c3)cc2)c2c1oc1ccc(C3=NC(c4ccc(-c5ccccc5)cc4)N=C(c4ccc(-c5ccccc5)cc4)N3)cc21. The molecule has 0 radical (unpaired) electrons. The van der Waals surface area contributed by atoms with Crippen LogP contribution in [0.1, 0.15) is 45.7 Å². The third kappa shape index (κ3) is 7.04. The number of anilines is 2. The van der Waals surface area contributed by atoms with Crippen LogP contribution in [0.4, 0.5) is 11.4 Å². The van der Waals surface area contributed by atoms with Gasteiger partial charge in [-0.25, -0.2) is 9.98 Å². The number of nitrogens with zero attached hydrogens (tertiary/aromatic N) is 3. The van der Waals surface area contributed by atoms with E-state index in [1.807, 2.05) is 12.1 Å². The van der Waals surface area contributed by atoms with Crippen LogP contribution in [0.2, 0.25) is 0 Å². The molecule has 5 nitrogen and oxygen atoms in total. The number of para-hydroxylation sites is 1. The smallest absolute Gasteiger partial charge is 0.169 e. The summed E-state index contributed by atoms with van der Waals surface area (Å²) in [6, 6.07) is 82.0. The maximum atomic E-state index is 6.69. The van der Waals surface area contributed by atoms with Crippen molar-refractivity contribution in [1.82, 2.24) is 5.32 Å². The molecule has 2 aliphatic heterocycles. The van der Waals surface area contributed by atoms with Gasteiger partial charge in [0.15, 0.2) is 6.17 Å². The fourth-order valence-electron chi connectivity index (χ4n) is 10.4. The summed E-state index contributed by atoms with van der Waals surface area (Å²) >= 11 is 0. The number of fused-ring (bicyclic) bond motifs is 7. The second-order valence-corrected chi connectivity index (χ2v) is 17.7. The van der Waals surface area contributed by atoms with Crippen LogP contribution in [0, 0.1) is 0 Å². The van der Waals surface area contributed by atoms with Crippen molar-refractivity contribution in [2.45, 2.75) is 18.1 Å². The second-order valence-electron chi connectivity index (χ2n) is 17.7. The Labute approximate surface area is 395 Å². The highest BCUT2D eigenvalue weighted by Crippen LogP contribution is 2.53. The summed E-state index contributed by atoms with van der Waals surface area (Å²) in [4.78, 5) is 13.1. The molecule has 10 aromatic rings. The molecule has 3 unspecified atom stereocenters. The molecule has 0 amide bonds. The van der Waals surface area contributed by atoms with E-state index in [9.17, 15) is 0 Å². The fraction of sp³-hybridized carbons (Fsp3) is 0.0476. The summed E-state index contributed by atoms with van der Waals surface area (Å²) in [6.45, 7) is 0. The van der Waals surface area contributed by atoms with Crippen LogP contribution in [0.25, 0.3) is 61.6 Å². The summed E-state index contributed by atoms with van der Waals surface area (Å²) in [5, 5.41) is 4.77. The first-order valence-corrected chi connectivity index (χ1v) is 23.3. The summed E-state index contributed by atoms with van der Waals surface area (Å²) < 4.78 is 6.69. The quantitative estimate of drug-likeness (QED) is 0.165. The number of aliphatic imine (C=N–C) groups is 2. The molecule has 9 aromatic carbocycles. The van der Waals surface area contributed by atoms with Gasteiger partial charge in [-0.1, -0.05) is 194 Å². The fourth-order valence-corrected chi connectivity index (χ4v) is 10.4. The molecule has 3 aliphatic rings. The predicted molar refractivity (Wildman–Crippen MR) is 279 cm³/mol. The largest absolute Gasteiger partial charge is 0.456 e. The van der Waals surface area contributed by atoms with Crippen molar-refractivity contribution in [3.05, 3.63) is 270 Å². The first-order chi connectivity index (χ1) is 33.7. The Morgan fingerprint density at radius 1 is 0.426 bits per heavy atom. The van der Waals surface area contributed by atoms with Crippen molar-refractivity contribution in [3.63, 3.8) is 0 Å². The van der Waals surface area contributed by atoms with E-state index in [1.54, 1.807) is 0 Å². The zero-order valence-electron chi connectivity index (χ0n) is 37.1. The molecule has 322 valence electrons. The summed E-state index contributed by atoms with van der Waals surface area (Å²) in [5.74, 6) is 2.50. The topological polar surface area (TPSA) is 53.1 Å². The predicted octanol–water partition coefficient (Wildman–Crippen LogP) is 15.3. The van der Waals surface area contributed by atoms with E-state index >= 15 is 0 Å². The highest BCUT2D eigenvalue weighted by atomic mass is 16.3. The molecule has 13 rings (SSSR count). The summed E-state index contributed by atoms with van der Waals surface area (Å²) in [7, 11) is 0. The van der Waals surface area contributed by atoms with E-state index in [2.05, 4.69) is 241 Å². The summed E-state index contributed by atoms with van der Waals surface area (Å²) in [6.07, 6.45) is 4.05. The second kappa shape index (κ2) is 16.6. The van der Waals surface area contributed by atoms with Crippen molar-refractivity contribution in [1.29, 1.82) is 0 Å². The van der Waals surface area contributed by atoms with Gasteiger partial charge >= 0.3 is 0 Å². The molecule has 3 heterocycles. The molecule has 0 fully saturated rings. The van der Waals surface area contributed by atoms with E-state index in [1.165, 1.54) is 50.2 Å². The lowest BCUT2D eigenvalue weighted by atomic mass is 9.82. The lowest BCUT2D eigenvalue weighted by Gasteiger charge is -2.30. The van der Waals surface area contributed by atoms with Gasteiger partial charge in [-0.05, 0) is 104 Å². The van der Waals surface area contributed by atoms with E-state index in [0.717, 1.165) is 61.9 Å². The normalized spacial score (nSPS) is 16.9. The Hall–Kier alpha value is -8.80. The van der Waals surface area contributed by atoms with Crippen molar-refractivity contribution < 1.29 is 4.42 Å². The lowest BCUT2D eigenvalue weighted by Crippen LogP contribution is -2.36. The maximum Gasteiger partial charge on any atom is 0.169 e. The zero-order chi connectivity index (χ0) is 45.0. The molecule has 0 bridgehead atoms. The third-order valence-electron chi connectivity index (χ3n) is 13.7. The number of hydrogen-bond acceptors (Lipinski definition) is 5. The highest BCUT2D eigenvalue weighted by Gasteiger charge is 2.43. The molecule has 0 saturated heterocycles. The molecule has 68 heavy (non-hydrogen) atoms. The van der Waals surface area contributed by atoms with Crippen LogP contribution < -0.4 is 10.2 Å². The number of amidine groups is 2. The molecule has 1 N–H and O–H groups in total. The minimum atomic E-state index is -0.449. The van der Waals surface area contributed by atoms with Crippen molar-refractivity contribution in [2.24, 2.45) is 9.98 Å². The van der Waals surface area contributed by atoms with Crippen LogP contribution in [0.5, 0.6) is 0 Å². The molecular weight excluding hydrogens is 829 g/mol. The standard InChI is InChI=1S/C63H44N4O/c1-4-13-41(14-5-1)44-23-27-47(28-24-44)61-64-62(48-29-25-45(26-30-48)42-15-6-2-7-16-42)66-63(65-61)51-33-37-57-54(40-51)60-58(68-57)38-36-56-59(60)53-21-10-11-22-55(53)67(56)52-34-31-46(32-35-52)50-20-12-19-49(39-50)43-17-8-3-9-18-43/h1-40,56,59,61H,(H,64,65,66). The Morgan fingerprint density at radius 2 is 0.926 bits per heavy atom. The Balaban J connectivity index is 0.854. The minimum absolute atomic E-state index is 0.0577. The van der Waals surface area contributed by atoms with Gasteiger partial charge < -0.3 is 14.6 Å². The maximum absolute atomic E-state index is 6.69. The molecule has 0 saturated carbocycles. The number of rotatable bonds is 8. The third-order valence-corrected chi connectivity index (χ3v) is 13.7. The van der Waals surface area contributed by atoms with Gasteiger partial charge in [0.25, 0.3) is 0 Å².